The first-order valence-corrected chi connectivity index (χ1v) is 15.0. The number of nitrogens with zero attached hydrogens (tertiary/aromatic N) is 5. The lowest BCUT2D eigenvalue weighted by molar-refractivity contribution is -0.384. The van der Waals surface area contributed by atoms with Crippen LogP contribution in [0.15, 0.2) is 84.9 Å². The van der Waals surface area contributed by atoms with Crippen molar-refractivity contribution in [1.82, 2.24) is 19.1 Å². The number of fused-ring (bicyclic) bond motifs is 6. The van der Waals surface area contributed by atoms with Crippen LogP contribution >= 0.6 is 0 Å². The van der Waals surface area contributed by atoms with Crippen LogP contribution in [0.5, 0.6) is 5.75 Å². The van der Waals surface area contributed by atoms with Crippen LogP contribution in [-0.2, 0) is 13.1 Å². The monoisotopic (exact) mass is 603 g/mol. The first-order valence-electron chi connectivity index (χ1n) is 15.0. The number of ether oxygens (including phenoxy) is 1. The zero-order valence-electron chi connectivity index (χ0n) is 26.4. The van der Waals surface area contributed by atoms with Crippen LogP contribution in [0, 0.1) is 24.0 Å². The van der Waals surface area contributed by atoms with Crippen molar-refractivity contribution < 1.29 is 14.8 Å². The van der Waals surface area contributed by atoms with Crippen molar-refractivity contribution in [2.75, 3.05) is 0 Å². The van der Waals surface area contributed by atoms with Gasteiger partial charge in [-0.3, -0.25) is 10.1 Å². The Balaban J connectivity index is 0.000000160. The summed E-state index contributed by atoms with van der Waals surface area (Å²) in [6, 6.07) is 26.8. The van der Waals surface area contributed by atoms with E-state index < -0.39 is 10.5 Å². The van der Waals surface area contributed by atoms with E-state index >= 15 is 0 Å². The first-order chi connectivity index (χ1) is 21.3. The highest BCUT2D eigenvalue weighted by Crippen LogP contribution is 2.38. The molecule has 0 saturated heterocycles. The Bertz CT molecular complexity index is 2070. The van der Waals surface area contributed by atoms with Gasteiger partial charge >= 0.3 is 0 Å². The molecule has 1 aliphatic rings. The second-order valence-electron chi connectivity index (χ2n) is 12.9. The molecule has 2 aromatic heterocycles. The zero-order valence-corrected chi connectivity index (χ0v) is 26.4. The first kappa shape index (κ1) is 30.0. The third kappa shape index (κ3) is 5.79. The maximum Gasteiger partial charge on any atom is 0.280 e. The van der Waals surface area contributed by atoms with Gasteiger partial charge in [0.2, 0.25) is 0 Å². The van der Waals surface area contributed by atoms with Crippen LogP contribution in [0.3, 0.4) is 0 Å². The molecule has 0 spiro atoms. The summed E-state index contributed by atoms with van der Waals surface area (Å²) in [5.74, 6) is 2.41. The van der Waals surface area contributed by atoms with Gasteiger partial charge in [0.1, 0.15) is 23.0 Å². The third-order valence-electron chi connectivity index (χ3n) is 7.90. The molecule has 1 aliphatic heterocycles. The fourth-order valence-corrected chi connectivity index (χ4v) is 5.97. The van der Waals surface area contributed by atoms with Crippen molar-refractivity contribution in [3.05, 3.63) is 106 Å². The summed E-state index contributed by atoms with van der Waals surface area (Å²) in [4.78, 5) is 20.5. The third-order valence-corrected chi connectivity index (χ3v) is 7.90. The van der Waals surface area contributed by atoms with Crippen LogP contribution in [0.2, 0.25) is 0 Å². The molecule has 0 unspecified atom stereocenters. The van der Waals surface area contributed by atoms with Crippen LogP contribution in [0.1, 0.15) is 38.8 Å². The summed E-state index contributed by atoms with van der Waals surface area (Å²) in [6.45, 7) is 12.8. The Hall–Kier alpha value is -5.02. The van der Waals surface area contributed by atoms with Crippen molar-refractivity contribution in [3.8, 4) is 28.5 Å². The van der Waals surface area contributed by atoms with E-state index in [1.807, 2.05) is 47.9 Å². The van der Waals surface area contributed by atoms with Gasteiger partial charge in [-0.05, 0) is 83.0 Å². The number of aliphatic hydroxyl groups is 1. The van der Waals surface area contributed by atoms with Gasteiger partial charge in [0.05, 0.1) is 56.8 Å². The minimum atomic E-state index is -0.977. The number of aryl methyl sites for hydroxylation is 2. The van der Waals surface area contributed by atoms with Crippen molar-refractivity contribution >= 4 is 27.8 Å². The molecule has 9 heteroatoms. The molecule has 6 aromatic rings. The molecule has 230 valence electrons. The lowest BCUT2D eigenvalue weighted by atomic mass is 10.1. The molecule has 4 aromatic carbocycles. The number of hydrogen-bond acceptors (Lipinski definition) is 6. The zero-order chi connectivity index (χ0) is 32.1. The number of benzene rings is 4. The molecule has 0 aliphatic carbocycles. The van der Waals surface area contributed by atoms with E-state index in [-0.39, 0.29) is 17.8 Å². The van der Waals surface area contributed by atoms with E-state index in [1.165, 1.54) is 17.1 Å². The summed E-state index contributed by atoms with van der Waals surface area (Å²) in [5, 5.41) is 21.7. The smallest absolute Gasteiger partial charge is 0.280 e. The highest BCUT2D eigenvalue weighted by atomic mass is 16.6. The molecule has 0 radical (unpaired) electrons. The van der Waals surface area contributed by atoms with Gasteiger partial charge in [-0.25, -0.2) is 9.97 Å². The van der Waals surface area contributed by atoms with Crippen LogP contribution in [0.25, 0.3) is 44.8 Å². The van der Waals surface area contributed by atoms with Crippen LogP contribution in [0.4, 0.5) is 5.69 Å². The van der Waals surface area contributed by atoms with E-state index in [2.05, 4.69) is 54.6 Å². The number of aromatic nitrogens is 4. The molecular weight excluding hydrogens is 566 g/mol. The van der Waals surface area contributed by atoms with Crippen molar-refractivity contribution in [3.63, 3.8) is 0 Å². The minimum absolute atomic E-state index is 0.00227. The van der Waals surface area contributed by atoms with E-state index in [4.69, 9.17) is 9.72 Å². The summed E-state index contributed by atoms with van der Waals surface area (Å²) in [5.41, 5.74) is 6.38. The molecule has 0 bridgehead atoms. The average Bonchev–Trinajstić information content (AvgIpc) is 3.49. The molecule has 0 saturated carbocycles. The average molecular weight is 604 g/mol. The topological polar surface area (TPSA) is 108 Å². The number of rotatable bonds is 4. The number of hydrogen-bond donors (Lipinski definition) is 1. The Morgan fingerprint density at radius 3 is 2.09 bits per heavy atom. The Morgan fingerprint density at radius 2 is 1.42 bits per heavy atom. The fourth-order valence-electron chi connectivity index (χ4n) is 5.97. The van der Waals surface area contributed by atoms with Crippen molar-refractivity contribution in [2.45, 2.75) is 65.8 Å². The Labute approximate surface area is 261 Å². The lowest BCUT2D eigenvalue weighted by Crippen LogP contribution is -2.32. The van der Waals surface area contributed by atoms with Gasteiger partial charge in [0.15, 0.2) is 0 Å². The molecular formula is C36H37N5O4. The van der Waals surface area contributed by atoms with Gasteiger partial charge in [-0.2, -0.15) is 0 Å². The molecule has 1 N–H and O–H groups in total. The van der Waals surface area contributed by atoms with E-state index in [0.29, 0.717) is 11.4 Å². The summed E-state index contributed by atoms with van der Waals surface area (Å²) >= 11 is 0. The Morgan fingerprint density at radius 1 is 0.844 bits per heavy atom. The molecule has 0 atom stereocenters. The molecule has 0 fully saturated rings. The number of nitro groups is 1. The second kappa shape index (κ2) is 11.2. The number of imidazole rings is 2. The van der Waals surface area contributed by atoms with Crippen LogP contribution in [-0.4, -0.2) is 40.3 Å². The largest absolute Gasteiger partial charge is 0.485 e. The molecule has 9 nitrogen and oxygen atoms in total. The van der Waals surface area contributed by atoms with Crippen LogP contribution < -0.4 is 4.74 Å². The maximum atomic E-state index is 11.4. The van der Waals surface area contributed by atoms with Gasteiger partial charge in [-0.1, -0.05) is 48.5 Å². The quantitative estimate of drug-likeness (QED) is 0.162. The van der Waals surface area contributed by atoms with Crippen molar-refractivity contribution in [1.29, 1.82) is 0 Å². The summed E-state index contributed by atoms with van der Waals surface area (Å²) in [7, 11) is 0. The summed E-state index contributed by atoms with van der Waals surface area (Å²) < 4.78 is 10.3. The highest BCUT2D eigenvalue weighted by Gasteiger charge is 2.30. The highest BCUT2D eigenvalue weighted by molar-refractivity contribution is 5.86. The number of para-hydroxylation sites is 4. The van der Waals surface area contributed by atoms with Gasteiger partial charge in [0.25, 0.3) is 5.69 Å². The van der Waals surface area contributed by atoms with E-state index in [9.17, 15) is 15.2 Å². The van der Waals surface area contributed by atoms with Gasteiger partial charge in [-0.15, -0.1) is 0 Å². The predicted octanol–water partition coefficient (Wildman–Crippen LogP) is 7.87. The molecule has 45 heavy (non-hydrogen) atoms. The Kier molecular flexibility index (Phi) is 7.45. The van der Waals surface area contributed by atoms with Crippen molar-refractivity contribution in [2.24, 2.45) is 0 Å². The summed E-state index contributed by atoms with van der Waals surface area (Å²) in [6.07, 6.45) is 0. The van der Waals surface area contributed by atoms with E-state index in [0.717, 1.165) is 45.8 Å². The molecule has 3 heterocycles. The second-order valence-corrected chi connectivity index (χ2v) is 12.9. The number of nitro benzene ring substituents is 1. The SMILES string of the molecule is Cc1cccc2c1nc(-c1ccccc1[N+](=O)[O-])n2CC(C)(C)O.Cc1cccc2c1nc1n2CC(C)(C)Oc2ccccc2-1. The fraction of sp³-hybridized carbons (Fsp3) is 0.278. The molecule has 0 amide bonds. The maximum absolute atomic E-state index is 11.4. The molecule has 7 rings (SSSR count). The standard InChI is InChI=1S/C18H19N3O3.C18H18N2O/c1-12-7-6-10-15-16(12)19-17(20(15)11-18(2,3)22)13-8-4-5-9-14(13)21(23)24;1-12-7-6-9-14-16(12)19-17-13-8-4-5-10-15(13)21-18(2,3)11-20(14)17/h4-10,22H,11H2,1-3H3;4-10H,11H2,1-3H3. The lowest BCUT2D eigenvalue weighted by Gasteiger charge is -2.25. The van der Waals surface area contributed by atoms with E-state index in [1.54, 1.807) is 32.0 Å². The normalized spacial score (nSPS) is 13.8. The van der Waals surface area contributed by atoms with Gasteiger partial charge < -0.3 is 19.0 Å². The minimum Gasteiger partial charge on any atom is -0.485 e. The van der Waals surface area contributed by atoms with Gasteiger partial charge in [0, 0.05) is 6.07 Å². The predicted molar refractivity (Wildman–Crippen MR) is 177 cm³/mol.